The van der Waals surface area contributed by atoms with Crippen molar-refractivity contribution in [2.75, 3.05) is 66.8 Å². The van der Waals surface area contributed by atoms with Crippen LogP contribution >= 0.6 is 0 Å². The normalized spacial score (nSPS) is 28.2. The maximum atomic E-state index is 14.3. The predicted octanol–water partition coefficient (Wildman–Crippen LogP) is 3.83. The molecule has 5 rings (SSSR count). The second-order valence-corrected chi connectivity index (χ2v) is 18.0. The molecule has 326 valence electrons. The van der Waals surface area contributed by atoms with Crippen LogP contribution in [-0.4, -0.2) is 139 Å². The molecule has 13 nitrogen and oxygen atoms in total. The first-order valence-corrected chi connectivity index (χ1v) is 21.8. The van der Waals surface area contributed by atoms with Gasteiger partial charge in [-0.25, -0.2) is 0 Å². The van der Waals surface area contributed by atoms with E-state index in [0.29, 0.717) is 61.2 Å². The summed E-state index contributed by atoms with van der Waals surface area (Å²) in [5.41, 5.74) is 3.13. The highest BCUT2D eigenvalue weighted by atomic mass is 16.7. The fourth-order valence-electron chi connectivity index (χ4n) is 9.54. The summed E-state index contributed by atoms with van der Waals surface area (Å²) in [5.74, 6) is 1.14. The van der Waals surface area contributed by atoms with Gasteiger partial charge in [0.2, 0.25) is 5.91 Å². The van der Waals surface area contributed by atoms with Crippen LogP contribution in [0, 0.1) is 29.6 Å². The molecule has 9 atom stereocenters. The number of hydroxylamine groups is 2. The average molecular weight is 812 g/mol. The molecule has 1 aromatic rings. The van der Waals surface area contributed by atoms with Gasteiger partial charge in [-0.15, -0.1) is 0 Å². The molecule has 5 N–H and O–H groups in total. The third-order valence-corrected chi connectivity index (χ3v) is 12.9. The molecule has 13 heteroatoms. The molecule has 58 heavy (non-hydrogen) atoms. The molecule has 2 heterocycles. The van der Waals surface area contributed by atoms with Gasteiger partial charge < -0.3 is 40.3 Å². The molecule has 1 unspecified atom stereocenters. The van der Waals surface area contributed by atoms with E-state index in [9.17, 15) is 24.9 Å². The number of ether oxygens (including phenoxy) is 2. The third kappa shape index (κ3) is 11.6. The third-order valence-electron chi connectivity index (χ3n) is 12.9. The Morgan fingerprint density at radius 1 is 1.09 bits per heavy atom. The largest absolute Gasteiger partial charge is 0.496 e. The van der Waals surface area contributed by atoms with Crippen LogP contribution in [0.25, 0.3) is 0 Å². The summed E-state index contributed by atoms with van der Waals surface area (Å²) in [6.07, 6.45) is 6.78. The Kier molecular flexibility index (Phi) is 17.0. The van der Waals surface area contributed by atoms with Gasteiger partial charge in [-0.05, 0) is 68.8 Å². The van der Waals surface area contributed by atoms with E-state index in [1.165, 1.54) is 0 Å². The summed E-state index contributed by atoms with van der Waals surface area (Å²) in [4.78, 5) is 39.2. The topological polar surface area (TPSA) is 156 Å². The maximum Gasteiger partial charge on any atom is 0.251 e. The van der Waals surface area contributed by atoms with E-state index in [1.807, 2.05) is 42.3 Å². The highest BCUT2D eigenvalue weighted by Gasteiger charge is 2.50. The number of aliphatic hydroxyl groups is 3. The Hall–Kier alpha value is -3.04. The number of nitrogens with zero attached hydrogens (tertiary/aromatic N) is 3. The van der Waals surface area contributed by atoms with Crippen LogP contribution in [0.1, 0.15) is 90.7 Å². The Morgan fingerprint density at radius 2 is 1.83 bits per heavy atom. The molecule has 0 bridgehead atoms. The van der Waals surface area contributed by atoms with Crippen molar-refractivity contribution >= 4 is 11.8 Å². The van der Waals surface area contributed by atoms with Crippen molar-refractivity contribution < 1.29 is 39.2 Å². The van der Waals surface area contributed by atoms with E-state index >= 15 is 0 Å². The number of allylic oxidation sites excluding steroid dienone is 2. The first kappa shape index (κ1) is 46.0. The smallest absolute Gasteiger partial charge is 0.251 e. The van der Waals surface area contributed by atoms with Gasteiger partial charge in [0.05, 0.1) is 46.2 Å². The number of likely N-dealkylation sites (N-methyl/N-ethyl adjacent to an activating group) is 1. The molecule has 0 spiro atoms. The number of amides is 2. The van der Waals surface area contributed by atoms with Crippen molar-refractivity contribution in [2.45, 2.75) is 116 Å². The molecule has 4 aliphatic rings. The van der Waals surface area contributed by atoms with Crippen molar-refractivity contribution in [1.82, 2.24) is 25.5 Å². The molecule has 1 aromatic carbocycles. The van der Waals surface area contributed by atoms with E-state index in [1.54, 1.807) is 19.1 Å². The number of hydrogen-bond acceptors (Lipinski definition) is 11. The Balaban J connectivity index is 1.43. The van der Waals surface area contributed by atoms with Gasteiger partial charge in [0.25, 0.3) is 5.91 Å². The predicted molar refractivity (Wildman–Crippen MR) is 225 cm³/mol. The van der Waals surface area contributed by atoms with Gasteiger partial charge in [0.15, 0.2) is 0 Å². The molecule has 3 fully saturated rings. The van der Waals surface area contributed by atoms with Crippen molar-refractivity contribution in [2.24, 2.45) is 29.6 Å². The van der Waals surface area contributed by atoms with Crippen LogP contribution in [-0.2, 0) is 25.7 Å². The van der Waals surface area contributed by atoms with Crippen molar-refractivity contribution in [3.05, 3.63) is 52.7 Å². The highest BCUT2D eigenvalue weighted by molar-refractivity contribution is 5.97. The number of benzene rings is 1. The first-order chi connectivity index (χ1) is 27.7. The number of aliphatic hydroxyl groups excluding tert-OH is 3. The van der Waals surface area contributed by atoms with Gasteiger partial charge in [-0.2, -0.15) is 5.06 Å². The molecule has 0 aromatic heterocycles. The highest BCUT2D eigenvalue weighted by Crippen LogP contribution is 2.41. The zero-order chi connectivity index (χ0) is 42.1. The van der Waals surface area contributed by atoms with E-state index in [-0.39, 0.29) is 49.6 Å². The van der Waals surface area contributed by atoms with Crippen LogP contribution in [0.2, 0.25) is 0 Å². The van der Waals surface area contributed by atoms with E-state index < -0.39 is 24.2 Å². The molecule has 2 aliphatic carbocycles. The van der Waals surface area contributed by atoms with Gasteiger partial charge in [0.1, 0.15) is 17.9 Å². The van der Waals surface area contributed by atoms with Gasteiger partial charge in [-0.1, -0.05) is 58.9 Å². The van der Waals surface area contributed by atoms with E-state index in [0.717, 1.165) is 62.1 Å². The number of hydrogen-bond donors (Lipinski definition) is 5. The number of nitrogens with one attached hydrogen (secondary N) is 2. The molecule has 2 amide bonds. The quantitative estimate of drug-likeness (QED) is 0.147. The van der Waals surface area contributed by atoms with Crippen molar-refractivity contribution in [1.29, 1.82) is 0 Å². The second-order valence-electron chi connectivity index (χ2n) is 18.0. The lowest BCUT2D eigenvalue weighted by Crippen LogP contribution is -2.53. The number of methoxy groups -OCH3 is 1. The SMILES string of the molecule is COc1c(CN2O[C@@H](CO)[C@@H]([C@H](C)O)[C@H]2C(=O)N[C@H]2C[C@H](C(C)C)CC[C@@H]2C)cccc1C1C=C(C(=O)N[C@@H](CC(C)C)CN2CCOCC2)C=C(N(C)CCO)C1. The molecule has 2 aliphatic heterocycles. The summed E-state index contributed by atoms with van der Waals surface area (Å²) < 4.78 is 11.7. The Labute approximate surface area is 347 Å². The fraction of sp³-hybridized carbons (Fsp3) is 0.733. The van der Waals surface area contributed by atoms with Crippen LogP contribution < -0.4 is 15.4 Å². The minimum atomic E-state index is -0.912. The lowest BCUT2D eigenvalue weighted by atomic mass is 9.74. The first-order valence-electron chi connectivity index (χ1n) is 21.8. The monoisotopic (exact) mass is 812 g/mol. The number of carbonyl (C=O) groups excluding carboxylic acids is 2. The van der Waals surface area contributed by atoms with E-state index in [2.05, 4.69) is 50.2 Å². The number of morpholine rings is 1. The minimum absolute atomic E-state index is 0.00640. The summed E-state index contributed by atoms with van der Waals surface area (Å²) in [6.45, 7) is 16.7. The summed E-state index contributed by atoms with van der Waals surface area (Å²) in [7, 11) is 3.55. The lowest BCUT2D eigenvalue weighted by Gasteiger charge is -2.38. The average Bonchev–Trinajstić information content (AvgIpc) is 3.57. The molecular weight excluding hydrogens is 739 g/mol. The second kappa shape index (κ2) is 21.5. The molecular formula is C45H73N5O8. The molecule has 1 saturated carbocycles. The Morgan fingerprint density at radius 3 is 2.47 bits per heavy atom. The zero-order valence-corrected chi connectivity index (χ0v) is 36.4. The maximum absolute atomic E-state index is 14.3. The Bertz CT molecular complexity index is 1560. The van der Waals surface area contributed by atoms with Gasteiger partial charge in [-0.3, -0.25) is 19.3 Å². The number of rotatable bonds is 18. The van der Waals surface area contributed by atoms with Gasteiger partial charge in [0, 0.05) is 79.5 Å². The van der Waals surface area contributed by atoms with Crippen LogP contribution in [0.5, 0.6) is 5.75 Å². The minimum Gasteiger partial charge on any atom is -0.496 e. The van der Waals surface area contributed by atoms with Crippen molar-refractivity contribution in [3.63, 3.8) is 0 Å². The number of para-hydroxylation sites is 1. The summed E-state index contributed by atoms with van der Waals surface area (Å²) in [5, 5.41) is 39.6. The standard InChI is InChI=1S/C45H73N5O8/c1-28(2)20-36(26-49-15-18-57-19-16-49)46-44(54)35-21-34(22-37(23-35)48(7)14-17-51)38-11-9-10-33(43(38)56-8)25-50-42(41(31(6)53)40(27-52)58-50)45(55)47-39-24-32(29(3)4)13-12-30(39)5/h9-11,21,23,28-32,34,36,39-42,51-53H,12-20,22,24-27H2,1-8H3,(H,46,54)(H,47,55)/t30-,31-,32+,34?,36-,39-,40-,41+,42-/m0/s1. The van der Waals surface area contributed by atoms with Crippen LogP contribution in [0.3, 0.4) is 0 Å². The fourth-order valence-corrected chi connectivity index (χ4v) is 9.54. The van der Waals surface area contributed by atoms with Crippen LogP contribution in [0.4, 0.5) is 0 Å². The van der Waals surface area contributed by atoms with Crippen LogP contribution in [0.15, 0.2) is 41.6 Å². The molecule has 2 saturated heterocycles. The van der Waals surface area contributed by atoms with Crippen molar-refractivity contribution in [3.8, 4) is 5.75 Å². The number of carbonyl (C=O) groups is 2. The summed E-state index contributed by atoms with van der Waals surface area (Å²) >= 11 is 0. The lowest BCUT2D eigenvalue weighted by molar-refractivity contribution is -0.182. The molecule has 0 radical (unpaired) electrons. The summed E-state index contributed by atoms with van der Waals surface area (Å²) in [6, 6.07) is 5.03. The zero-order valence-electron chi connectivity index (χ0n) is 36.4. The van der Waals surface area contributed by atoms with E-state index in [4.69, 9.17) is 14.3 Å². The van der Waals surface area contributed by atoms with Gasteiger partial charge >= 0.3 is 0 Å².